The van der Waals surface area contributed by atoms with Crippen molar-refractivity contribution in [2.75, 3.05) is 14.2 Å². The molecule has 0 bridgehead atoms. The van der Waals surface area contributed by atoms with Gasteiger partial charge in [0.25, 0.3) is 0 Å². The minimum atomic E-state index is -2.28. The topological polar surface area (TPSA) is 27.7 Å². The van der Waals surface area contributed by atoms with E-state index in [0.29, 0.717) is 0 Å². The largest absolute Gasteiger partial charge is 0.500 e. The summed E-state index contributed by atoms with van der Waals surface area (Å²) in [6, 6.07) is 0.938. The van der Waals surface area contributed by atoms with Crippen LogP contribution in [0.25, 0.3) is 0 Å². The maximum atomic E-state index is 5.84. The minimum absolute atomic E-state index is 0.248. The molecule has 1 aliphatic heterocycles. The van der Waals surface area contributed by atoms with E-state index in [1.54, 1.807) is 14.2 Å². The van der Waals surface area contributed by atoms with Crippen LogP contribution in [0, 0.1) is 0 Å². The van der Waals surface area contributed by atoms with Gasteiger partial charge in [0.15, 0.2) is 0 Å². The first kappa shape index (κ1) is 10.9. The first-order valence-corrected chi connectivity index (χ1v) is 6.58. The molecule has 1 fully saturated rings. The van der Waals surface area contributed by atoms with Crippen molar-refractivity contribution in [2.45, 2.75) is 31.4 Å². The minimum Gasteiger partial charge on any atom is -0.377 e. The summed E-state index contributed by atoms with van der Waals surface area (Å²) in [5.74, 6) is 0. The lowest BCUT2D eigenvalue weighted by atomic mass is 10.1. The van der Waals surface area contributed by atoms with E-state index in [1.165, 1.54) is 0 Å². The third kappa shape index (κ3) is 2.64. The van der Waals surface area contributed by atoms with Gasteiger partial charge < -0.3 is 13.3 Å². The predicted octanol–water partition coefficient (Wildman–Crippen LogP) is 1.97. The molecular weight excluding hydrogens is 184 g/mol. The highest BCUT2D eigenvalue weighted by Gasteiger charge is 2.43. The molecule has 76 valence electrons. The van der Waals surface area contributed by atoms with Crippen molar-refractivity contribution >= 4 is 8.80 Å². The quantitative estimate of drug-likeness (QED) is 0.515. The van der Waals surface area contributed by atoms with Crippen molar-refractivity contribution in [1.82, 2.24) is 0 Å². The van der Waals surface area contributed by atoms with Crippen molar-refractivity contribution in [2.24, 2.45) is 0 Å². The van der Waals surface area contributed by atoms with Crippen LogP contribution in [0.15, 0.2) is 12.7 Å². The molecule has 3 nitrogen and oxygen atoms in total. The maximum Gasteiger partial charge on any atom is 0.500 e. The lowest BCUT2D eigenvalue weighted by Gasteiger charge is -2.35. The molecule has 0 aromatic carbocycles. The molecule has 0 saturated carbocycles. The molecule has 4 heteroatoms. The Bertz CT molecular complexity index is 168. The Hall–Kier alpha value is -0.163. The van der Waals surface area contributed by atoms with E-state index in [4.69, 9.17) is 13.3 Å². The monoisotopic (exact) mass is 202 g/mol. The zero-order valence-corrected chi connectivity index (χ0v) is 9.41. The first-order valence-electron chi connectivity index (χ1n) is 4.65. The third-order valence-corrected chi connectivity index (χ3v) is 5.31. The van der Waals surface area contributed by atoms with E-state index in [1.807, 2.05) is 6.08 Å². The van der Waals surface area contributed by atoms with Crippen LogP contribution in [-0.2, 0) is 13.3 Å². The molecule has 0 N–H and O–H groups in total. The van der Waals surface area contributed by atoms with Crippen molar-refractivity contribution in [3.05, 3.63) is 12.7 Å². The standard InChI is InChI=1S/C9H18O3Si/c1-4-6-9-7-5-8-13(10-2,11-3)12-9/h4,9H,1,5-8H2,2-3H3. The Morgan fingerprint density at radius 1 is 1.54 bits per heavy atom. The van der Waals surface area contributed by atoms with Crippen molar-refractivity contribution in [1.29, 1.82) is 0 Å². The van der Waals surface area contributed by atoms with E-state index >= 15 is 0 Å². The van der Waals surface area contributed by atoms with Crippen LogP contribution >= 0.6 is 0 Å². The van der Waals surface area contributed by atoms with Crippen LogP contribution in [0.1, 0.15) is 19.3 Å². The molecule has 1 atom stereocenters. The van der Waals surface area contributed by atoms with Gasteiger partial charge in [-0.2, -0.15) is 0 Å². The fourth-order valence-corrected chi connectivity index (χ4v) is 3.90. The Balaban J connectivity index is 2.52. The number of rotatable bonds is 4. The highest BCUT2D eigenvalue weighted by molar-refractivity contribution is 6.60. The van der Waals surface area contributed by atoms with Gasteiger partial charge in [-0.05, 0) is 19.3 Å². The normalized spacial score (nSPS) is 27.1. The highest BCUT2D eigenvalue weighted by atomic mass is 28.4. The lowest BCUT2D eigenvalue weighted by Crippen LogP contribution is -2.49. The van der Waals surface area contributed by atoms with Crippen LogP contribution in [0.4, 0.5) is 0 Å². The lowest BCUT2D eigenvalue weighted by molar-refractivity contribution is 0.0350. The molecule has 0 aromatic heterocycles. The number of hydrogen-bond acceptors (Lipinski definition) is 3. The third-order valence-electron chi connectivity index (χ3n) is 2.41. The second-order valence-electron chi connectivity index (χ2n) is 3.25. The molecule has 1 unspecified atom stereocenters. The Kier molecular flexibility index (Phi) is 4.12. The second-order valence-corrected chi connectivity index (χ2v) is 6.17. The molecule has 13 heavy (non-hydrogen) atoms. The molecule has 1 rings (SSSR count). The zero-order valence-electron chi connectivity index (χ0n) is 8.41. The zero-order chi connectivity index (χ0) is 9.73. The summed E-state index contributed by atoms with van der Waals surface area (Å²) in [6.07, 6.45) is 5.25. The van der Waals surface area contributed by atoms with Gasteiger partial charge in [-0.3, -0.25) is 0 Å². The van der Waals surface area contributed by atoms with E-state index in [2.05, 4.69) is 6.58 Å². The summed E-state index contributed by atoms with van der Waals surface area (Å²) < 4.78 is 16.6. The van der Waals surface area contributed by atoms with Crippen LogP contribution in [0.2, 0.25) is 6.04 Å². The molecular formula is C9H18O3Si. The van der Waals surface area contributed by atoms with Crippen molar-refractivity contribution < 1.29 is 13.3 Å². The summed E-state index contributed by atoms with van der Waals surface area (Å²) in [4.78, 5) is 0. The smallest absolute Gasteiger partial charge is 0.377 e. The Morgan fingerprint density at radius 2 is 2.23 bits per heavy atom. The average molecular weight is 202 g/mol. The average Bonchev–Trinajstić information content (AvgIpc) is 2.19. The van der Waals surface area contributed by atoms with Crippen LogP contribution in [-0.4, -0.2) is 29.1 Å². The van der Waals surface area contributed by atoms with E-state index < -0.39 is 8.80 Å². The fourth-order valence-electron chi connectivity index (χ4n) is 1.65. The van der Waals surface area contributed by atoms with Gasteiger partial charge in [0.1, 0.15) is 0 Å². The van der Waals surface area contributed by atoms with Gasteiger partial charge in [-0.25, -0.2) is 0 Å². The summed E-state index contributed by atoms with van der Waals surface area (Å²) >= 11 is 0. The fraction of sp³-hybridized carbons (Fsp3) is 0.778. The van der Waals surface area contributed by atoms with Gasteiger partial charge in [0, 0.05) is 20.3 Å². The summed E-state index contributed by atoms with van der Waals surface area (Å²) in [7, 11) is 1.07. The Morgan fingerprint density at radius 3 is 2.77 bits per heavy atom. The molecule has 0 amide bonds. The molecule has 0 aromatic rings. The van der Waals surface area contributed by atoms with Gasteiger partial charge in [-0.15, -0.1) is 6.58 Å². The van der Waals surface area contributed by atoms with Crippen LogP contribution in [0.3, 0.4) is 0 Å². The Labute approximate surface area is 81.1 Å². The highest BCUT2D eigenvalue weighted by Crippen LogP contribution is 2.28. The summed E-state index contributed by atoms with van der Waals surface area (Å²) in [6.45, 7) is 3.71. The first-order chi connectivity index (χ1) is 6.26. The van der Waals surface area contributed by atoms with E-state index in [-0.39, 0.29) is 6.10 Å². The van der Waals surface area contributed by atoms with Gasteiger partial charge >= 0.3 is 8.80 Å². The number of hydrogen-bond donors (Lipinski definition) is 0. The SMILES string of the molecule is C=CCC1CCC[Si](OC)(OC)O1. The maximum absolute atomic E-state index is 5.84. The van der Waals surface area contributed by atoms with E-state index in [0.717, 1.165) is 25.3 Å². The second kappa shape index (κ2) is 4.90. The van der Waals surface area contributed by atoms with E-state index in [9.17, 15) is 0 Å². The van der Waals surface area contributed by atoms with Crippen LogP contribution in [0.5, 0.6) is 0 Å². The molecule has 1 heterocycles. The molecule has 0 spiro atoms. The van der Waals surface area contributed by atoms with Crippen molar-refractivity contribution in [3.8, 4) is 0 Å². The summed E-state index contributed by atoms with van der Waals surface area (Å²) in [5.41, 5.74) is 0. The van der Waals surface area contributed by atoms with Crippen molar-refractivity contribution in [3.63, 3.8) is 0 Å². The van der Waals surface area contributed by atoms with Gasteiger partial charge in [-0.1, -0.05) is 6.08 Å². The van der Waals surface area contributed by atoms with Gasteiger partial charge in [0.2, 0.25) is 0 Å². The van der Waals surface area contributed by atoms with Crippen LogP contribution < -0.4 is 0 Å². The summed E-state index contributed by atoms with van der Waals surface area (Å²) in [5, 5.41) is 0. The molecule has 1 aliphatic rings. The predicted molar refractivity (Wildman–Crippen MR) is 53.5 cm³/mol. The molecule has 0 aliphatic carbocycles. The molecule has 0 radical (unpaired) electrons. The van der Waals surface area contributed by atoms with Gasteiger partial charge in [0.05, 0.1) is 6.10 Å². The molecule has 1 saturated heterocycles.